The smallest absolute Gasteiger partial charge is 0.213 e. The molecule has 1 fully saturated rings. The number of rotatable bonds is 10. The zero-order chi connectivity index (χ0) is 21.3. The Labute approximate surface area is 177 Å². The number of hydrogen-bond donors (Lipinski definition) is 2. The Morgan fingerprint density at radius 2 is 1.67 bits per heavy atom. The summed E-state index contributed by atoms with van der Waals surface area (Å²) in [6.45, 7) is 1.90. The van der Waals surface area contributed by atoms with Crippen LogP contribution in [0.1, 0.15) is 24.0 Å². The van der Waals surface area contributed by atoms with Gasteiger partial charge in [-0.25, -0.2) is 4.98 Å². The van der Waals surface area contributed by atoms with Crippen LogP contribution in [0.15, 0.2) is 35.5 Å². The molecule has 2 aromatic rings. The molecule has 0 unspecified atom stereocenters. The van der Waals surface area contributed by atoms with Crippen LogP contribution in [-0.2, 0) is 13.1 Å². The van der Waals surface area contributed by atoms with Gasteiger partial charge in [-0.1, -0.05) is 0 Å². The Morgan fingerprint density at radius 3 is 2.23 bits per heavy atom. The molecule has 30 heavy (non-hydrogen) atoms. The Morgan fingerprint density at radius 1 is 1.00 bits per heavy atom. The van der Waals surface area contributed by atoms with Crippen molar-refractivity contribution in [3.63, 3.8) is 0 Å². The number of aromatic nitrogens is 1. The molecule has 1 saturated carbocycles. The molecule has 0 spiro atoms. The molecule has 162 valence electrons. The molecule has 1 aliphatic rings. The fourth-order valence-electron chi connectivity index (χ4n) is 2.96. The lowest BCUT2D eigenvalue weighted by molar-refractivity contribution is 0.288. The first-order valence-corrected chi connectivity index (χ1v) is 9.98. The summed E-state index contributed by atoms with van der Waals surface area (Å²) in [4.78, 5) is 8.57. The first kappa shape index (κ1) is 21.5. The summed E-state index contributed by atoms with van der Waals surface area (Å²) in [6, 6.07) is 7.74. The van der Waals surface area contributed by atoms with E-state index >= 15 is 0 Å². The second kappa shape index (κ2) is 10.6. The third-order valence-electron chi connectivity index (χ3n) is 4.83. The average molecular weight is 415 g/mol. The van der Waals surface area contributed by atoms with Crippen LogP contribution in [0.5, 0.6) is 23.1 Å². The first-order valence-electron chi connectivity index (χ1n) is 9.98. The third kappa shape index (κ3) is 5.92. The van der Waals surface area contributed by atoms with Crippen molar-refractivity contribution in [2.24, 2.45) is 10.9 Å². The third-order valence-corrected chi connectivity index (χ3v) is 4.83. The number of benzene rings is 1. The lowest BCUT2D eigenvalue weighted by Gasteiger charge is -2.16. The number of nitrogens with zero attached hydrogens (tertiary/aromatic N) is 2. The van der Waals surface area contributed by atoms with Gasteiger partial charge in [0.05, 0.1) is 27.9 Å². The monoisotopic (exact) mass is 414 g/mol. The zero-order valence-corrected chi connectivity index (χ0v) is 18.0. The molecular weight excluding hydrogens is 384 g/mol. The van der Waals surface area contributed by atoms with Crippen molar-refractivity contribution in [2.45, 2.75) is 25.9 Å². The number of hydrogen-bond acceptors (Lipinski definition) is 6. The SMILES string of the molecule is CN=C(NCc1ccnc(OCC2CC2)c1)NCc1cc(OC)c(OC)c(OC)c1. The number of ether oxygens (including phenoxy) is 4. The van der Waals surface area contributed by atoms with Crippen molar-refractivity contribution in [1.82, 2.24) is 15.6 Å². The molecule has 0 amide bonds. The molecule has 0 atom stereocenters. The molecule has 8 heteroatoms. The lowest BCUT2D eigenvalue weighted by atomic mass is 10.2. The summed E-state index contributed by atoms with van der Waals surface area (Å²) >= 11 is 0. The fraction of sp³-hybridized carbons (Fsp3) is 0.455. The summed E-state index contributed by atoms with van der Waals surface area (Å²) in [6.07, 6.45) is 4.29. The van der Waals surface area contributed by atoms with Crippen molar-refractivity contribution < 1.29 is 18.9 Å². The summed E-state index contributed by atoms with van der Waals surface area (Å²) in [5.74, 6) is 3.86. The predicted octanol–water partition coefficient (Wildman–Crippen LogP) is 2.76. The molecule has 8 nitrogen and oxygen atoms in total. The molecule has 1 aliphatic carbocycles. The first-order chi connectivity index (χ1) is 14.7. The van der Waals surface area contributed by atoms with Crippen molar-refractivity contribution in [1.29, 1.82) is 0 Å². The van der Waals surface area contributed by atoms with Gasteiger partial charge in [-0.3, -0.25) is 4.99 Å². The highest BCUT2D eigenvalue weighted by atomic mass is 16.5. The maximum Gasteiger partial charge on any atom is 0.213 e. The minimum absolute atomic E-state index is 0.544. The number of pyridine rings is 1. The number of methoxy groups -OCH3 is 3. The van der Waals surface area contributed by atoms with Crippen LogP contribution in [0.25, 0.3) is 0 Å². The minimum atomic E-state index is 0.544. The van der Waals surface area contributed by atoms with Gasteiger partial charge in [0, 0.05) is 32.4 Å². The van der Waals surface area contributed by atoms with Crippen LogP contribution in [0.2, 0.25) is 0 Å². The van der Waals surface area contributed by atoms with Gasteiger partial charge in [-0.05, 0) is 48.1 Å². The highest BCUT2D eigenvalue weighted by Crippen LogP contribution is 2.38. The maximum atomic E-state index is 5.75. The molecule has 1 aromatic heterocycles. The van der Waals surface area contributed by atoms with Crippen LogP contribution >= 0.6 is 0 Å². The molecule has 0 aliphatic heterocycles. The average Bonchev–Trinajstić information content (AvgIpc) is 3.62. The van der Waals surface area contributed by atoms with E-state index < -0.39 is 0 Å². The fourth-order valence-corrected chi connectivity index (χ4v) is 2.96. The molecule has 3 rings (SSSR count). The van der Waals surface area contributed by atoms with E-state index in [1.807, 2.05) is 24.3 Å². The van der Waals surface area contributed by atoms with Crippen molar-refractivity contribution in [3.05, 3.63) is 41.6 Å². The summed E-state index contributed by atoms with van der Waals surface area (Å²) in [5, 5.41) is 6.61. The molecule has 0 saturated heterocycles. The number of guanidine groups is 1. The summed E-state index contributed by atoms with van der Waals surface area (Å²) in [7, 11) is 6.53. The summed E-state index contributed by atoms with van der Waals surface area (Å²) < 4.78 is 21.9. The van der Waals surface area contributed by atoms with Gasteiger partial charge >= 0.3 is 0 Å². The second-order valence-electron chi connectivity index (χ2n) is 7.07. The van der Waals surface area contributed by atoms with Crippen LogP contribution in [0.3, 0.4) is 0 Å². The van der Waals surface area contributed by atoms with E-state index in [2.05, 4.69) is 20.6 Å². The van der Waals surface area contributed by atoms with E-state index in [0.717, 1.165) is 17.7 Å². The number of aliphatic imine (C=N–C) groups is 1. The molecular formula is C22H30N4O4. The molecule has 2 N–H and O–H groups in total. The topological polar surface area (TPSA) is 86.2 Å². The van der Waals surface area contributed by atoms with Gasteiger partial charge in [0.15, 0.2) is 17.5 Å². The van der Waals surface area contributed by atoms with E-state index in [0.29, 0.717) is 48.1 Å². The highest BCUT2D eigenvalue weighted by Gasteiger charge is 2.22. The maximum absolute atomic E-state index is 5.75. The van der Waals surface area contributed by atoms with Crippen LogP contribution in [0.4, 0.5) is 0 Å². The summed E-state index contributed by atoms with van der Waals surface area (Å²) in [5.41, 5.74) is 2.05. The van der Waals surface area contributed by atoms with Gasteiger partial charge in [-0.2, -0.15) is 0 Å². The standard InChI is InChI=1S/C22H30N4O4/c1-23-22(25-12-16-7-8-24-20(11-16)30-14-15-5-6-15)26-13-17-9-18(27-2)21(29-4)19(10-17)28-3/h7-11,15H,5-6,12-14H2,1-4H3,(H2,23,25,26). The van der Waals surface area contributed by atoms with E-state index in [4.69, 9.17) is 18.9 Å². The molecule has 0 bridgehead atoms. The Hall–Kier alpha value is -3.16. The van der Waals surface area contributed by atoms with Crippen LogP contribution < -0.4 is 29.6 Å². The Bertz CT molecular complexity index is 843. The van der Waals surface area contributed by atoms with Crippen molar-refractivity contribution >= 4 is 5.96 Å². The van der Waals surface area contributed by atoms with Gasteiger partial charge < -0.3 is 29.6 Å². The quantitative estimate of drug-likeness (QED) is 0.457. The number of nitrogens with one attached hydrogen (secondary N) is 2. The predicted molar refractivity (Wildman–Crippen MR) is 116 cm³/mol. The largest absolute Gasteiger partial charge is 0.493 e. The molecule has 1 aromatic carbocycles. The van der Waals surface area contributed by atoms with Gasteiger partial charge in [0.25, 0.3) is 0 Å². The van der Waals surface area contributed by atoms with Crippen molar-refractivity contribution in [2.75, 3.05) is 35.0 Å². The van der Waals surface area contributed by atoms with Gasteiger partial charge in [0.1, 0.15) is 0 Å². The highest BCUT2D eigenvalue weighted by molar-refractivity contribution is 5.79. The van der Waals surface area contributed by atoms with E-state index in [9.17, 15) is 0 Å². The normalized spacial score (nSPS) is 13.5. The molecule has 1 heterocycles. The van der Waals surface area contributed by atoms with E-state index in [1.54, 1.807) is 34.6 Å². The van der Waals surface area contributed by atoms with E-state index in [-0.39, 0.29) is 0 Å². The Balaban J connectivity index is 1.55. The van der Waals surface area contributed by atoms with Crippen LogP contribution in [0, 0.1) is 5.92 Å². The Kier molecular flexibility index (Phi) is 7.59. The lowest BCUT2D eigenvalue weighted by Crippen LogP contribution is -2.36. The zero-order valence-electron chi connectivity index (χ0n) is 18.0. The minimum Gasteiger partial charge on any atom is -0.493 e. The second-order valence-corrected chi connectivity index (χ2v) is 7.07. The van der Waals surface area contributed by atoms with Gasteiger partial charge in [-0.15, -0.1) is 0 Å². The molecule has 0 radical (unpaired) electrons. The van der Waals surface area contributed by atoms with E-state index in [1.165, 1.54) is 12.8 Å². The van der Waals surface area contributed by atoms with Crippen LogP contribution in [-0.4, -0.2) is 45.9 Å². The van der Waals surface area contributed by atoms with Crippen molar-refractivity contribution in [3.8, 4) is 23.1 Å². The van der Waals surface area contributed by atoms with Gasteiger partial charge in [0.2, 0.25) is 11.6 Å².